The van der Waals surface area contributed by atoms with Gasteiger partial charge in [-0.3, -0.25) is 9.78 Å². The molecule has 0 bridgehead atoms. The minimum absolute atomic E-state index is 0.189. The number of allylic oxidation sites excluding steroid dienone is 2. The molecule has 1 aromatic carbocycles. The summed E-state index contributed by atoms with van der Waals surface area (Å²) < 4.78 is 0. The lowest BCUT2D eigenvalue weighted by atomic mass is 9.96. The molecule has 0 saturated heterocycles. The van der Waals surface area contributed by atoms with Gasteiger partial charge in [0.25, 0.3) is 0 Å². The van der Waals surface area contributed by atoms with Gasteiger partial charge in [0.2, 0.25) is 0 Å². The Morgan fingerprint density at radius 1 is 1.15 bits per heavy atom. The summed E-state index contributed by atoms with van der Waals surface area (Å²) in [6.07, 6.45) is 7.63. The quantitative estimate of drug-likeness (QED) is 0.742. The molecule has 0 fully saturated rings. The number of benzene rings is 1. The first-order valence-corrected chi connectivity index (χ1v) is 7.36. The molecular formula is C18H19NO. The molecule has 1 heterocycles. The highest BCUT2D eigenvalue weighted by Gasteiger charge is 2.17. The number of carbonyl (C=O) groups is 1. The van der Waals surface area contributed by atoms with Gasteiger partial charge in [0.1, 0.15) is 0 Å². The van der Waals surface area contributed by atoms with Crippen molar-refractivity contribution in [3.8, 4) is 0 Å². The molecule has 2 heteroatoms. The monoisotopic (exact) mass is 265 g/mol. The highest BCUT2D eigenvalue weighted by molar-refractivity contribution is 6.15. The zero-order valence-corrected chi connectivity index (χ0v) is 11.9. The van der Waals surface area contributed by atoms with Crippen LogP contribution in [0.15, 0.2) is 42.0 Å². The van der Waals surface area contributed by atoms with Crippen LogP contribution < -0.4 is 0 Å². The van der Waals surface area contributed by atoms with Crippen molar-refractivity contribution >= 4 is 16.7 Å². The van der Waals surface area contributed by atoms with Gasteiger partial charge in [-0.25, -0.2) is 0 Å². The summed E-state index contributed by atoms with van der Waals surface area (Å²) >= 11 is 0. The summed E-state index contributed by atoms with van der Waals surface area (Å²) in [5.74, 6) is 0.189. The van der Waals surface area contributed by atoms with Crippen LogP contribution in [0.4, 0.5) is 0 Å². The molecule has 0 N–H and O–H groups in total. The number of carbonyl (C=O) groups excluding carboxylic acids is 1. The second kappa shape index (κ2) is 5.58. The molecule has 0 amide bonds. The van der Waals surface area contributed by atoms with Gasteiger partial charge in [0, 0.05) is 16.6 Å². The lowest BCUT2D eigenvalue weighted by Gasteiger charge is -2.09. The van der Waals surface area contributed by atoms with Gasteiger partial charge in [-0.1, -0.05) is 30.7 Å². The summed E-state index contributed by atoms with van der Waals surface area (Å²) in [7, 11) is 0. The van der Waals surface area contributed by atoms with Gasteiger partial charge in [0.15, 0.2) is 5.78 Å². The van der Waals surface area contributed by atoms with E-state index in [0.717, 1.165) is 47.0 Å². The topological polar surface area (TPSA) is 30.0 Å². The minimum Gasteiger partial charge on any atom is -0.289 e. The van der Waals surface area contributed by atoms with E-state index in [1.807, 2.05) is 37.3 Å². The molecule has 20 heavy (non-hydrogen) atoms. The van der Waals surface area contributed by atoms with E-state index < -0.39 is 0 Å². The van der Waals surface area contributed by atoms with Crippen molar-refractivity contribution in [1.82, 2.24) is 4.98 Å². The van der Waals surface area contributed by atoms with Crippen molar-refractivity contribution < 1.29 is 4.79 Å². The number of hydrogen-bond donors (Lipinski definition) is 0. The van der Waals surface area contributed by atoms with E-state index in [2.05, 4.69) is 11.1 Å². The third kappa shape index (κ3) is 2.51. The van der Waals surface area contributed by atoms with Gasteiger partial charge in [-0.15, -0.1) is 0 Å². The summed E-state index contributed by atoms with van der Waals surface area (Å²) in [5, 5.41) is 0.966. The Morgan fingerprint density at radius 3 is 2.90 bits per heavy atom. The van der Waals surface area contributed by atoms with Crippen molar-refractivity contribution in [2.45, 2.75) is 39.0 Å². The average molecular weight is 265 g/mol. The zero-order chi connectivity index (χ0) is 13.9. The molecule has 0 spiro atoms. The number of aryl methyl sites for hydroxylation is 1. The minimum atomic E-state index is 0.189. The molecule has 0 saturated carbocycles. The Labute approximate surface area is 119 Å². The van der Waals surface area contributed by atoms with Crippen molar-refractivity contribution in [1.29, 1.82) is 0 Å². The summed E-state index contributed by atoms with van der Waals surface area (Å²) in [6.45, 7) is 1.95. The Morgan fingerprint density at radius 2 is 2.00 bits per heavy atom. The van der Waals surface area contributed by atoms with E-state index in [-0.39, 0.29) is 5.78 Å². The van der Waals surface area contributed by atoms with Crippen molar-refractivity contribution in [3.63, 3.8) is 0 Å². The first kappa shape index (κ1) is 13.0. The molecule has 0 atom stereocenters. The van der Waals surface area contributed by atoms with Crippen LogP contribution in [0.1, 0.15) is 48.2 Å². The van der Waals surface area contributed by atoms with Crippen LogP contribution in [0.2, 0.25) is 0 Å². The normalized spacial score (nSPS) is 15.8. The number of ketones is 1. The number of aromatic nitrogens is 1. The molecule has 0 aliphatic heterocycles. The smallest absolute Gasteiger partial charge is 0.189 e. The molecule has 1 aromatic heterocycles. The van der Waals surface area contributed by atoms with Gasteiger partial charge in [-0.05, 0) is 50.3 Å². The molecule has 2 nitrogen and oxygen atoms in total. The SMILES string of the molecule is Cc1cc(C(=O)C2=CCCCCC2)c2ccccc2n1. The van der Waals surface area contributed by atoms with Crippen molar-refractivity contribution in [2.24, 2.45) is 0 Å². The number of Topliss-reactive ketones (excluding diaryl/α,β-unsaturated/α-hetero) is 1. The highest BCUT2D eigenvalue weighted by atomic mass is 16.1. The van der Waals surface area contributed by atoms with Crippen molar-refractivity contribution in [2.75, 3.05) is 0 Å². The van der Waals surface area contributed by atoms with Gasteiger partial charge < -0.3 is 0 Å². The first-order valence-electron chi connectivity index (χ1n) is 7.36. The van der Waals surface area contributed by atoms with Crippen LogP contribution in [0.25, 0.3) is 10.9 Å². The fourth-order valence-corrected chi connectivity index (χ4v) is 2.89. The first-order chi connectivity index (χ1) is 9.75. The van der Waals surface area contributed by atoms with Crippen LogP contribution in [-0.4, -0.2) is 10.8 Å². The Hall–Kier alpha value is -1.96. The molecule has 102 valence electrons. The number of para-hydroxylation sites is 1. The fourth-order valence-electron chi connectivity index (χ4n) is 2.89. The number of hydrogen-bond acceptors (Lipinski definition) is 2. The fraction of sp³-hybridized carbons (Fsp3) is 0.333. The van der Waals surface area contributed by atoms with E-state index in [1.54, 1.807) is 0 Å². The number of pyridine rings is 1. The van der Waals surface area contributed by atoms with Crippen LogP contribution >= 0.6 is 0 Å². The summed E-state index contributed by atoms with van der Waals surface area (Å²) in [4.78, 5) is 17.3. The summed E-state index contributed by atoms with van der Waals surface area (Å²) in [6, 6.07) is 9.83. The largest absolute Gasteiger partial charge is 0.289 e. The highest BCUT2D eigenvalue weighted by Crippen LogP contribution is 2.25. The van der Waals surface area contributed by atoms with Gasteiger partial charge >= 0.3 is 0 Å². The molecule has 2 aromatic rings. The molecule has 3 rings (SSSR count). The molecule has 1 aliphatic rings. The third-order valence-corrected chi connectivity index (χ3v) is 3.92. The number of nitrogens with zero attached hydrogens (tertiary/aromatic N) is 1. The van der Waals surface area contributed by atoms with E-state index in [1.165, 1.54) is 12.8 Å². The van der Waals surface area contributed by atoms with E-state index in [0.29, 0.717) is 0 Å². The zero-order valence-electron chi connectivity index (χ0n) is 11.9. The number of rotatable bonds is 2. The molecular weight excluding hydrogens is 246 g/mol. The maximum atomic E-state index is 12.8. The van der Waals surface area contributed by atoms with Crippen molar-refractivity contribution in [3.05, 3.63) is 53.2 Å². The Balaban J connectivity index is 2.09. The van der Waals surface area contributed by atoms with Crippen LogP contribution in [0.3, 0.4) is 0 Å². The molecule has 1 aliphatic carbocycles. The van der Waals surface area contributed by atoms with E-state index >= 15 is 0 Å². The Kier molecular flexibility index (Phi) is 3.64. The molecule has 0 radical (unpaired) electrons. The second-order valence-corrected chi connectivity index (χ2v) is 5.49. The Bertz CT molecular complexity index is 685. The lowest BCUT2D eigenvalue weighted by molar-refractivity contribution is 0.103. The van der Waals surface area contributed by atoms with Crippen LogP contribution in [0.5, 0.6) is 0 Å². The van der Waals surface area contributed by atoms with Gasteiger partial charge in [-0.2, -0.15) is 0 Å². The predicted octanol–water partition coefficient (Wildman–Crippen LogP) is 4.62. The average Bonchev–Trinajstić information content (AvgIpc) is 2.74. The number of fused-ring (bicyclic) bond motifs is 1. The van der Waals surface area contributed by atoms with Crippen LogP contribution in [-0.2, 0) is 0 Å². The van der Waals surface area contributed by atoms with Crippen LogP contribution in [0, 0.1) is 6.92 Å². The summed E-state index contributed by atoms with van der Waals surface area (Å²) in [5.41, 5.74) is 3.60. The standard InChI is InChI=1S/C18H19NO/c1-13-12-16(15-10-6-7-11-17(15)19-13)18(20)14-8-4-2-3-5-9-14/h6-8,10-12H,2-5,9H2,1H3. The lowest BCUT2D eigenvalue weighted by Crippen LogP contribution is -2.05. The molecule has 0 unspecified atom stereocenters. The maximum absolute atomic E-state index is 12.8. The maximum Gasteiger partial charge on any atom is 0.189 e. The van der Waals surface area contributed by atoms with Gasteiger partial charge in [0.05, 0.1) is 5.52 Å². The van der Waals surface area contributed by atoms with E-state index in [9.17, 15) is 4.79 Å². The third-order valence-electron chi connectivity index (χ3n) is 3.92. The second-order valence-electron chi connectivity index (χ2n) is 5.49. The van der Waals surface area contributed by atoms with E-state index in [4.69, 9.17) is 0 Å². The predicted molar refractivity (Wildman–Crippen MR) is 82.0 cm³/mol.